The summed E-state index contributed by atoms with van der Waals surface area (Å²) in [6, 6.07) is 0. The molecule has 0 aliphatic rings. The highest BCUT2D eigenvalue weighted by Gasteiger charge is 1.75. The molecule has 0 aromatic heterocycles. The van der Waals surface area contributed by atoms with Crippen molar-refractivity contribution in [1.82, 2.24) is 0 Å². The molecule has 32 valence electrons. The van der Waals surface area contributed by atoms with Gasteiger partial charge >= 0.3 is 0 Å². The van der Waals surface area contributed by atoms with E-state index in [1.54, 1.807) is 0 Å². The lowest BCUT2D eigenvalue weighted by Crippen LogP contribution is -1.70. The average Bonchev–Trinajstić information content (AvgIpc) is 1.65. The predicted molar refractivity (Wildman–Crippen MR) is 28.7 cm³/mol. The molecule has 1 heteroatoms. The summed E-state index contributed by atoms with van der Waals surface area (Å²) in [4.78, 5) is 0. The molecule has 0 N–H and O–H groups in total. The zero-order valence-corrected chi connectivity index (χ0v) is 4.13. The van der Waals surface area contributed by atoms with Crippen LogP contribution < -0.4 is 0 Å². The van der Waals surface area contributed by atoms with Gasteiger partial charge in [-0.05, 0) is 0 Å². The summed E-state index contributed by atoms with van der Waals surface area (Å²) in [7, 11) is 0. The van der Waals surface area contributed by atoms with Gasteiger partial charge in [-0.1, -0.05) is 12.5 Å². The van der Waals surface area contributed by atoms with Gasteiger partial charge in [-0.3, -0.25) is 0 Å². The van der Waals surface area contributed by atoms with Crippen LogP contribution in [0.4, 0.5) is 0 Å². The lowest BCUT2D eigenvalue weighted by Gasteiger charge is -1.77. The second-order valence-electron chi connectivity index (χ2n) is 0.882. The molecule has 0 aliphatic carbocycles. The molecule has 0 unspecified atom stereocenters. The number of hydrogen-bond acceptors (Lipinski definition) is 0. The van der Waals surface area contributed by atoms with Gasteiger partial charge in [0.2, 0.25) is 0 Å². The summed E-state index contributed by atoms with van der Waals surface area (Å²) < 4.78 is 0. The first kappa shape index (κ1) is 5.59. The van der Waals surface area contributed by atoms with Gasteiger partial charge < -0.3 is 0 Å². The van der Waals surface area contributed by atoms with E-state index >= 15 is 0 Å². The highest BCUT2D eigenvalue weighted by atomic mass is 35.5. The monoisotopic (exact) mass is 100 g/mol. The minimum absolute atomic E-state index is 0.372. The fourth-order valence-electron chi connectivity index (χ4n) is 0.0386. The number of allylic oxidation sites excluding steroid dienone is 1. The van der Waals surface area contributed by atoms with Crippen LogP contribution >= 0.6 is 11.6 Å². The maximum atomic E-state index is 5.21. The van der Waals surface area contributed by atoms with Crippen LogP contribution in [0.1, 0.15) is 0 Å². The fraction of sp³-hybridized carbons (Fsp3) is 0.200. The van der Waals surface area contributed by atoms with Crippen LogP contribution in [0.5, 0.6) is 0 Å². The molecule has 0 atom stereocenters. The van der Waals surface area contributed by atoms with E-state index in [0.29, 0.717) is 11.5 Å². The Morgan fingerprint density at radius 1 is 2.00 bits per heavy atom. The molecule has 0 saturated carbocycles. The summed E-state index contributed by atoms with van der Waals surface area (Å²) in [5.74, 6) is 2.66. The molecule has 0 aromatic carbocycles. The van der Waals surface area contributed by atoms with E-state index < -0.39 is 0 Å². The number of hydrogen-bond donors (Lipinski definition) is 0. The highest BCUT2D eigenvalue weighted by molar-refractivity contribution is 6.19. The van der Waals surface area contributed by atoms with Gasteiger partial charge in [0.25, 0.3) is 0 Å². The molecule has 0 aliphatic heterocycles. The molecule has 0 spiro atoms. The predicted octanol–water partition coefficient (Wildman–Crippen LogP) is 1.41. The Kier molecular flexibility index (Phi) is 2.62. The summed E-state index contributed by atoms with van der Waals surface area (Å²) in [6.07, 6.45) is 4.85. The topological polar surface area (TPSA) is 0 Å². The molecular weight excluding hydrogens is 95.5 g/mol. The van der Waals surface area contributed by atoms with E-state index in [2.05, 4.69) is 12.5 Å². The van der Waals surface area contributed by atoms with E-state index in [-0.39, 0.29) is 0 Å². The normalized spacial score (nSPS) is 6.67. The van der Waals surface area contributed by atoms with Gasteiger partial charge in [-0.2, -0.15) is 0 Å². The second kappa shape index (κ2) is 2.81. The Hall–Kier alpha value is -0.410. The molecule has 0 radical (unpaired) electrons. The van der Waals surface area contributed by atoms with Crippen LogP contribution in [0.2, 0.25) is 0 Å². The Bertz CT molecular complexity index is 86.6. The fourth-order valence-corrected chi connectivity index (χ4v) is 0.116. The summed E-state index contributed by atoms with van der Waals surface area (Å²) in [5.41, 5.74) is 0.636. The van der Waals surface area contributed by atoms with E-state index in [1.165, 1.54) is 0 Å². The molecule has 0 nitrogen and oxygen atoms in total. The van der Waals surface area contributed by atoms with Crippen LogP contribution in [0, 0.1) is 12.3 Å². The van der Waals surface area contributed by atoms with E-state index in [1.807, 2.05) is 0 Å². The van der Waals surface area contributed by atoms with Crippen LogP contribution in [-0.2, 0) is 0 Å². The third-order valence-corrected chi connectivity index (χ3v) is 0.688. The SMILES string of the molecule is C#CC(=C)CCl. The molecule has 0 heterocycles. The summed E-state index contributed by atoms with van der Waals surface area (Å²) in [5, 5.41) is 0. The van der Waals surface area contributed by atoms with Crippen LogP contribution in [0.25, 0.3) is 0 Å². The minimum atomic E-state index is 0.372. The Labute approximate surface area is 42.8 Å². The highest BCUT2D eigenvalue weighted by Crippen LogP contribution is 1.87. The van der Waals surface area contributed by atoms with Crippen LogP contribution in [0.3, 0.4) is 0 Å². The van der Waals surface area contributed by atoms with Crippen molar-refractivity contribution in [3.8, 4) is 12.3 Å². The van der Waals surface area contributed by atoms with Crippen molar-refractivity contribution in [2.45, 2.75) is 0 Å². The van der Waals surface area contributed by atoms with Crippen molar-refractivity contribution in [3.05, 3.63) is 12.2 Å². The third kappa shape index (κ3) is 1.87. The molecule has 0 aromatic rings. The van der Waals surface area contributed by atoms with E-state index in [0.717, 1.165) is 0 Å². The van der Waals surface area contributed by atoms with Gasteiger partial charge in [-0.25, -0.2) is 0 Å². The number of alkyl halides is 1. The number of rotatable bonds is 1. The van der Waals surface area contributed by atoms with Gasteiger partial charge in [0.05, 0.1) is 5.88 Å². The largest absolute Gasteiger partial charge is 0.121 e. The number of halogens is 1. The van der Waals surface area contributed by atoms with Gasteiger partial charge in [0.1, 0.15) is 0 Å². The quantitative estimate of drug-likeness (QED) is 0.345. The van der Waals surface area contributed by atoms with Gasteiger partial charge in [-0.15, -0.1) is 18.0 Å². The second-order valence-corrected chi connectivity index (χ2v) is 1.15. The van der Waals surface area contributed by atoms with Gasteiger partial charge in [0.15, 0.2) is 0 Å². The molecular formula is C5H5Cl. The van der Waals surface area contributed by atoms with E-state index in [4.69, 9.17) is 18.0 Å². The van der Waals surface area contributed by atoms with Crippen molar-refractivity contribution in [3.63, 3.8) is 0 Å². The lowest BCUT2D eigenvalue weighted by molar-refractivity contribution is 1.64. The van der Waals surface area contributed by atoms with Gasteiger partial charge in [0, 0.05) is 5.57 Å². The molecule has 0 amide bonds. The lowest BCUT2D eigenvalue weighted by atomic mass is 10.4. The zero-order valence-electron chi connectivity index (χ0n) is 3.37. The smallest absolute Gasteiger partial charge is 0.0547 e. The third-order valence-electron chi connectivity index (χ3n) is 0.365. The minimum Gasteiger partial charge on any atom is -0.121 e. The molecule has 0 fully saturated rings. The summed E-state index contributed by atoms with van der Waals surface area (Å²) in [6.45, 7) is 3.42. The van der Waals surface area contributed by atoms with Crippen molar-refractivity contribution >= 4 is 11.6 Å². The van der Waals surface area contributed by atoms with Crippen molar-refractivity contribution in [2.75, 3.05) is 5.88 Å². The maximum Gasteiger partial charge on any atom is 0.0547 e. The first-order valence-electron chi connectivity index (χ1n) is 1.51. The zero-order chi connectivity index (χ0) is 4.99. The summed E-state index contributed by atoms with van der Waals surface area (Å²) >= 11 is 5.21. The Morgan fingerprint density at radius 3 is 2.50 bits per heavy atom. The average molecular weight is 101 g/mol. The van der Waals surface area contributed by atoms with Crippen molar-refractivity contribution in [1.29, 1.82) is 0 Å². The van der Waals surface area contributed by atoms with E-state index in [9.17, 15) is 0 Å². The maximum absolute atomic E-state index is 5.21. The standard InChI is InChI=1S/C5H5Cl/c1-3-5(2)4-6/h1H,2,4H2. The van der Waals surface area contributed by atoms with Crippen molar-refractivity contribution in [2.24, 2.45) is 0 Å². The number of terminal acetylenes is 1. The molecule has 6 heavy (non-hydrogen) atoms. The van der Waals surface area contributed by atoms with Crippen LogP contribution in [0.15, 0.2) is 12.2 Å². The first-order valence-corrected chi connectivity index (χ1v) is 2.05. The molecule has 0 rings (SSSR count). The first-order chi connectivity index (χ1) is 2.81. The Balaban J connectivity index is 3.33. The Morgan fingerprint density at radius 2 is 2.50 bits per heavy atom. The molecule has 0 saturated heterocycles. The van der Waals surface area contributed by atoms with Crippen molar-refractivity contribution < 1.29 is 0 Å². The molecule has 0 bridgehead atoms. The van der Waals surface area contributed by atoms with Crippen LogP contribution in [-0.4, -0.2) is 5.88 Å².